The Bertz CT molecular complexity index is 833. The van der Waals surface area contributed by atoms with E-state index in [4.69, 9.17) is 21.1 Å². The Labute approximate surface area is 131 Å². The lowest BCUT2D eigenvalue weighted by Gasteiger charge is -2.13. The van der Waals surface area contributed by atoms with Crippen molar-refractivity contribution in [2.75, 3.05) is 19.5 Å². The SMILES string of the molecule is COc1cc(Nc2ncnc3c2cnn3C)c(OC)cc1Cl. The van der Waals surface area contributed by atoms with Crippen molar-refractivity contribution in [3.63, 3.8) is 0 Å². The van der Waals surface area contributed by atoms with E-state index in [1.54, 1.807) is 37.2 Å². The number of hydrogen-bond acceptors (Lipinski definition) is 6. The monoisotopic (exact) mass is 319 g/mol. The number of benzene rings is 1. The molecule has 0 saturated heterocycles. The summed E-state index contributed by atoms with van der Waals surface area (Å²) in [7, 11) is 4.95. The largest absolute Gasteiger partial charge is 0.495 e. The zero-order valence-electron chi connectivity index (χ0n) is 12.3. The molecule has 0 aliphatic heterocycles. The van der Waals surface area contributed by atoms with Crippen molar-refractivity contribution in [1.82, 2.24) is 19.7 Å². The highest BCUT2D eigenvalue weighted by Gasteiger charge is 2.13. The summed E-state index contributed by atoms with van der Waals surface area (Å²) in [5, 5.41) is 8.68. The summed E-state index contributed by atoms with van der Waals surface area (Å²) in [6.45, 7) is 0. The maximum absolute atomic E-state index is 6.11. The number of aryl methyl sites for hydroxylation is 1. The number of fused-ring (bicyclic) bond motifs is 1. The number of anilines is 2. The normalized spacial score (nSPS) is 10.7. The van der Waals surface area contributed by atoms with E-state index < -0.39 is 0 Å². The van der Waals surface area contributed by atoms with Gasteiger partial charge in [0.25, 0.3) is 0 Å². The van der Waals surface area contributed by atoms with E-state index >= 15 is 0 Å². The van der Waals surface area contributed by atoms with E-state index in [0.717, 1.165) is 11.0 Å². The summed E-state index contributed by atoms with van der Waals surface area (Å²) in [4.78, 5) is 8.47. The molecule has 2 aromatic heterocycles. The van der Waals surface area contributed by atoms with Crippen molar-refractivity contribution >= 4 is 34.1 Å². The highest BCUT2D eigenvalue weighted by Crippen LogP contribution is 2.37. The van der Waals surface area contributed by atoms with Crippen LogP contribution in [0.25, 0.3) is 11.0 Å². The van der Waals surface area contributed by atoms with Crippen LogP contribution in [-0.4, -0.2) is 34.0 Å². The molecule has 0 saturated carbocycles. The zero-order chi connectivity index (χ0) is 15.7. The number of hydrogen-bond donors (Lipinski definition) is 1. The Hall–Kier alpha value is -2.54. The van der Waals surface area contributed by atoms with Crippen molar-refractivity contribution in [1.29, 1.82) is 0 Å². The summed E-state index contributed by atoms with van der Waals surface area (Å²) in [5.74, 6) is 1.75. The number of halogens is 1. The quantitative estimate of drug-likeness (QED) is 0.797. The van der Waals surface area contributed by atoms with Crippen LogP contribution in [0.5, 0.6) is 11.5 Å². The summed E-state index contributed by atoms with van der Waals surface area (Å²) < 4.78 is 12.3. The molecule has 0 bridgehead atoms. The van der Waals surface area contributed by atoms with Gasteiger partial charge in [0.1, 0.15) is 23.6 Å². The Morgan fingerprint density at radius 3 is 2.64 bits per heavy atom. The van der Waals surface area contributed by atoms with Crippen molar-refractivity contribution < 1.29 is 9.47 Å². The fourth-order valence-electron chi connectivity index (χ4n) is 2.15. The van der Waals surface area contributed by atoms with Crippen molar-refractivity contribution in [2.24, 2.45) is 7.05 Å². The first kappa shape index (κ1) is 14.4. The molecule has 114 valence electrons. The number of nitrogens with zero attached hydrogens (tertiary/aromatic N) is 4. The van der Waals surface area contributed by atoms with Crippen LogP contribution in [0.4, 0.5) is 11.5 Å². The zero-order valence-corrected chi connectivity index (χ0v) is 13.0. The van der Waals surface area contributed by atoms with Gasteiger partial charge in [-0.2, -0.15) is 5.10 Å². The predicted octanol–water partition coefficient (Wildman–Crippen LogP) is 2.78. The first-order valence-electron chi connectivity index (χ1n) is 6.45. The summed E-state index contributed by atoms with van der Waals surface area (Å²) in [6, 6.07) is 3.44. The van der Waals surface area contributed by atoms with Crippen LogP contribution in [0, 0.1) is 0 Å². The molecule has 3 aromatic rings. The predicted molar refractivity (Wildman–Crippen MR) is 84.1 cm³/mol. The summed E-state index contributed by atoms with van der Waals surface area (Å²) in [5.41, 5.74) is 1.42. The third kappa shape index (κ3) is 2.39. The van der Waals surface area contributed by atoms with Crippen molar-refractivity contribution in [3.05, 3.63) is 29.7 Å². The van der Waals surface area contributed by atoms with Gasteiger partial charge in [0.15, 0.2) is 5.65 Å². The molecule has 8 heteroatoms. The van der Waals surface area contributed by atoms with Crippen LogP contribution in [0.3, 0.4) is 0 Å². The second-order valence-corrected chi connectivity index (χ2v) is 4.95. The van der Waals surface area contributed by atoms with Crippen molar-refractivity contribution in [3.8, 4) is 11.5 Å². The first-order chi connectivity index (χ1) is 10.6. The van der Waals surface area contributed by atoms with Crippen LogP contribution in [0.15, 0.2) is 24.7 Å². The Kier molecular flexibility index (Phi) is 3.72. The molecule has 0 unspecified atom stereocenters. The van der Waals surface area contributed by atoms with E-state index in [-0.39, 0.29) is 0 Å². The standard InChI is InChI=1S/C14H14ClN5O2/c1-20-14-8(6-18-20)13(16-7-17-14)19-10-5-11(21-2)9(15)4-12(10)22-3/h4-7H,1-3H3,(H,16,17,19). The third-order valence-electron chi connectivity index (χ3n) is 3.26. The van der Waals surface area contributed by atoms with Gasteiger partial charge in [0.2, 0.25) is 0 Å². The fraction of sp³-hybridized carbons (Fsp3) is 0.214. The Morgan fingerprint density at radius 1 is 1.14 bits per heavy atom. The maximum atomic E-state index is 6.11. The molecule has 0 radical (unpaired) electrons. The van der Waals surface area contributed by atoms with Gasteiger partial charge < -0.3 is 14.8 Å². The maximum Gasteiger partial charge on any atom is 0.163 e. The molecule has 2 heterocycles. The molecule has 0 amide bonds. The van der Waals surface area contributed by atoms with E-state index in [1.807, 2.05) is 7.05 Å². The second-order valence-electron chi connectivity index (χ2n) is 4.54. The highest BCUT2D eigenvalue weighted by atomic mass is 35.5. The van der Waals surface area contributed by atoms with Gasteiger partial charge in [-0.1, -0.05) is 11.6 Å². The Morgan fingerprint density at radius 2 is 1.91 bits per heavy atom. The number of aromatic nitrogens is 4. The lowest BCUT2D eigenvalue weighted by atomic mass is 10.2. The van der Waals surface area contributed by atoms with Gasteiger partial charge in [0, 0.05) is 19.2 Å². The van der Waals surface area contributed by atoms with Crippen LogP contribution < -0.4 is 14.8 Å². The minimum atomic E-state index is 0.471. The molecule has 22 heavy (non-hydrogen) atoms. The molecule has 1 N–H and O–H groups in total. The van der Waals surface area contributed by atoms with Gasteiger partial charge in [-0.15, -0.1) is 0 Å². The van der Waals surface area contributed by atoms with E-state index in [2.05, 4.69) is 20.4 Å². The molecule has 7 nitrogen and oxygen atoms in total. The average Bonchev–Trinajstić information content (AvgIpc) is 2.91. The summed E-state index contributed by atoms with van der Waals surface area (Å²) in [6.07, 6.45) is 3.18. The van der Waals surface area contributed by atoms with E-state index in [0.29, 0.717) is 28.0 Å². The molecule has 0 aliphatic carbocycles. The molecule has 0 aliphatic rings. The van der Waals surface area contributed by atoms with E-state index in [1.165, 1.54) is 6.33 Å². The number of rotatable bonds is 4. The topological polar surface area (TPSA) is 74.1 Å². The van der Waals surface area contributed by atoms with Crippen LogP contribution in [0.1, 0.15) is 0 Å². The van der Waals surface area contributed by atoms with E-state index in [9.17, 15) is 0 Å². The second kappa shape index (κ2) is 5.69. The summed E-state index contributed by atoms with van der Waals surface area (Å²) >= 11 is 6.11. The van der Waals surface area contributed by atoms with Gasteiger partial charge in [-0.05, 0) is 0 Å². The molecule has 0 atom stereocenters. The van der Waals surface area contributed by atoms with Gasteiger partial charge in [0.05, 0.1) is 36.5 Å². The van der Waals surface area contributed by atoms with Gasteiger partial charge >= 0.3 is 0 Å². The fourth-order valence-corrected chi connectivity index (χ4v) is 2.38. The Balaban J connectivity index is 2.08. The minimum Gasteiger partial charge on any atom is -0.495 e. The van der Waals surface area contributed by atoms with Gasteiger partial charge in [-0.3, -0.25) is 4.68 Å². The molecule has 1 aromatic carbocycles. The molecule has 0 spiro atoms. The first-order valence-corrected chi connectivity index (χ1v) is 6.83. The van der Waals surface area contributed by atoms with Crippen LogP contribution in [0.2, 0.25) is 5.02 Å². The average molecular weight is 320 g/mol. The minimum absolute atomic E-state index is 0.471. The number of nitrogens with one attached hydrogen (secondary N) is 1. The van der Waals surface area contributed by atoms with Crippen LogP contribution >= 0.6 is 11.6 Å². The van der Waals surface area contributed by atoms with Gasteiger partial charge in [-0.25, -0.2) is 9.97 Å². The molecule has 0 fully saturated rings. The lowest BCUT2D eigenvalue weighted by Crippen LogP contribution is -2.00. The van der Waals surface area contributed by atoms with Crippen LogP contribution in [-0.2, 0) is 7.05 Å². The number of ether oxygens (including phenoxy) is 2. The smallest absolute Gasteiger partial charge is 0.163 e. The van der Waals surface area contributed by atoms with Crippen molar-refractivity contribution in [2.45, 2.75) is 0 Å². The number of methoxy groups -OCH3 is 2. The molecule has 3 rings (SSSR count). The molecular weight excluding hydrogens is 306 g/mol. The third-order valence-corrected chi connectivity index (χ3v) is 3.55. The highest BCUT2D eigenvalue weighted by molar-refractivity contribution is 6.32. The lowest BCUT2D eigenvalue weighted by molar-refractivity contribution is 0.405. The molecular formula is C14H14ClN5O2.